The third kappa shape index (κ3) is 1.74. The first-order chi connectivity index (χ1) is 10.8. The van der Waals surface area contributed by atoms with Crippen molar-refractivity contribution in [2.75, 3.05) is 11.5 Å². The number of amides is 2. The molecule has 3 heterocycles. The Morgan fingerprint density at radius 3 is 2.61 bits per heavy atom. The smallest absolute Gasteiger partial charge is 0.241 e. The van der Waals surface area contributed by atoms with E-state index in [-0.39, 0.29) is 18.4 Å². The highest BCUT2D eigenvalue weighted by Crippen LogP contribution is 2.57. The van der Waals surface area contributed by atoms with Crippen LogP contribution in [0.15, 0.2) is 34.8 Å². The van der Waals surface area contributed by atoms with E-state index in [4.69, 9.17) is 4.74 Å². The Kier molecular flexibility index (Phi) is 2.96. The Morgan fingerprint density at radius 2 is 1.96 bits per heavy atom. The van der Waals surface area contributed by atoms with Crippen LogP contribution in [0, 0.1) is 18.8 Å². The van der Waals surface area contributed by atoms with Crippen molar-refractivity contribution < 1.29 is 19.4 Å². The van der Waals surface area contributed by atoms with E-state index in [1.165, 1.54) is 4.90 Å². The zero-order chi connectivity index (χ0) is 16.6. The van der Waals surface area contributed by atoms with E-state index in [1.54, 1.807) is 31.2 Å². The number of nitrogens with zero attached hydrogens (tertiary/aromatic N) is 1. The maximum Gasteiger partial charge on any atom is 0.241 e. The van der Waals surface area contributed by atoms with Crippen LogP contribution in [0.25, 0.3) is 0 Å². The normalized spacial score (nSPS) is 37.8. The number of benzene rings is 1. The van der Waals surface area contributed by atoms with E-state index in [0.29, 0.717) is 5.69 Å². The summed E-state index contributed by atoms with van der Waals surface area (Å²) in [4.78, 5) is 27.1. The summed E-state index contributed by atoms with van der Waals surface area (Å²) in [6.07, 6.45) is 3.53. The van der Waals surface area contributed by atoms with Gasteiger partial charge in [0, 0.05) is 4.47 Å². The van der Waals surface area contributed by atoms with Crippen LogP contribution in [-0.2, 0) is 14.3 Å². The molecule has 2 saturated heterocycles. The van der Waals surface area contributed by atoms with Crippen LogP contribution in [0.4, 0.5) is 5.69 Å². The molecule has 0 saturated carbocycles. The van der Waals surface area contributed by atoms with Crippen LogP contribution >= 0.6 is 15.9 Å². The van der Waals surface area contributed by atoms with Crippen LogP contribution in [0.2, 0.25) is 0 Å². The largest absolute Gasteiger partial charge is 0.393 e. The molecule has 1 aromatic carbocycles. The molecule has 2 fully saturated rings. The second kappa shape index (κ2) is 4.53. The van der Waals surface area contributed by atoms with Crippen molar-refractivity contribution in [2.45, 2.75) is 25.0 Å². The van der Waals surface area contributed by atoms with E-state index in [9.17, 15) is 14.7 Å². The average molecular weight is 378 g/mol. The molecule has 6 heteroatoms. The number of fused-ring (bicyclic) bond motifs is 5. The van der Waals surface area contributed by atoms with Gasteiger partial charge < -0.3 is 9.84 Å². The van der Waals surface area contributed by atoms with Gasteiger partial charge in [0.15, 0.2) is 0 Å². The highest BCUT2D eigenvalue weighted by Gasteiger charge is 2.72. The predicted octanol–water partition coefficient (Wildman–Crippen LogP) is 1.95. The summed E-state index contributed by atoms with van der Waals surface area (Å²) >= 11 is 3.44. The van der Waals surface area contributed by atoms with Crippen LogP contribution in [-0.4, -0.2) is 34.7 Å². The van der Waals surface area contributed by atoms with Gasteiger partial charge in [-0.2, -0.15) is 0 Å². The summed E-state index contributed by atoms with van der Waals surface area (Å²) in [5.74, 6) is -1.84. The van der Waals surface area contributed by atoms with Gasteiger partial charge in [0.25, 0.3) is 0 Å². The molecule has 2 amide bonds. The van der Waals surface area contributed by atoms with Crippen molar-refractivity contribution in [3.8, 4) is 0 Å². The highest BCUT2D eigenvalue weighted by atomic mass is 79.9. The molecule has 5 nitrogen and oxygen atoms in total. The molecule has 1 N–H and O–H groups in total. The fourth-order valence-electron chi connectivity index (χ4n) is 4.02. The van der Waals surface area contributed by atoms with Gasteiger partial charge in [-0.25, -0.2) is 4.90 Å². The van der Waals surface area contributed by atoms with Gasteiger partial charge in [-0.3, -0.25) is 9.59 Å². The number of ether oxygens (including phenoxy) is 1. The SMILES string of the molecule is Cc1ccc(N2C(=O)[C@@H]3[C@H](C2=O)[C@]2(CO)C=C[C@@]3(C)O2)cc1Br. The molecule has 3 aliphatic heterocycles. The topological polar surface area (TPSA) is 66.8 Å². The molecule has 1 aromatic rings. The summed E-state index contributed by atoms with van der Waals surface area (Å²) in [6.45, 7) is 3.42. The van der Waals surface area contributed by atoms with Crippen molar-refractivity contribution in [1.29, 1.82) is 0 Å². The molecule has 120 valence electrons. The number of anilines is 1. The Bertz CT molecular complexity index is 776. The number of imide groups is 1. The molecule has 0 spiro atoms. The molecular formula is C17H16BrNO4. The molecule has 4 atom stereocenters. The number of hydrogen-bond acceptors (Lipinski definition) is 4. The second-order valence-electron chi connectivity index (χ2n) is 6.63. The predicted molar refractivity (Wildman–Crippen MR) is 86.8 cm³/mol. The molecular weight excluding hydrogens is 362 g/mol. The van der Waals surface area contributed by atoms with Crippen LogP contribution in [0.5, 0.6) is 0 Å². The third-order valence-corrected chi connectivity index (χ3v) is 6.07. The zero-order valence-corrected chi connectivity index (χ0v) is 14.3. The minimum absolute atomic E-state index is 0.266. The molecule has 0 aliphatic carbocycles. The molecule has 2 bridgehead atoms. The lowest BCUT2D eigenvalue weighted by Gasteiger charge is -2.27. The number of carbonyl (C=O) groups is 2. The van der Waals surface area contributed by atoms with E-state index >= 15 is 0 Å². The Balaban J connectivity index is 1.81. The van der Waals surface area contributed by atoms with Crippen molar-refractivity contribution in [1.82, 2.24) is 0 Å². The van der Waals surface area contributed by atoms with Gasteiger partial charge in [0.1, 0.15) is 5.60 Å². The number of rotatable bonds is 2. The van der Waals surface area contributed by atoms with Crippen LogP contribution < -0.4 is 4.90 Å². The monoisotopic (exact) mass is 377 g/mol. The summed E-state index contributed by atoms with van der Waals surface area (Å²) in [5.41, 5.74) is -0.348. The zero-order valence-electron chi connectivity index (χ0n) is 12.7. The average Bonchev–Trinajstić information content (AvgIpc) is 3.09. The summed E-state index contributed by atoms with van der Waals surface area (Å²) in [5, 5.41) is 9.78. The minimum Gasteiger partial charge on any atom is -0.393 e. The Morgan fingerprint density at radius 1 is 1.26 bits per heavy atom. The van der Waals surface area contributed by atoms with E-state index in [2.05, 4.69) is 15.9 Å². The van der Waals surface area contributed by atoms with Gasteiger partial charge in [0.2, 0.25) is 11.8 Å². The lowest BCUT2D eigenvalue weighted by atomic mass is 9.73. The van der Waals surface area contributed by atoms with Crippen molar-refractivity contribution in [2.24, 2.45) is 11.8 Å². The first kappa shape index (κ1) is 15.1. The first-order valence-corrected chi connectivity index (χ1v) is 8.28. The highest BCUT2D eigenvalue weighted by molar-refractivity contribution is 9.10. The fraction of sp³-hybridized carbons (Fsp3) is 0.412. The molecule has 0 radical (unpaired) electrons. The first-order valence-electron chi connectivity index (χ1n) is 7.48. The van der Waals surface area contributed by atoms with E-state index in [1.807, 2.05) is 13.0 Å². The van der Waals surface area contributed by atoms with Crippen LogP contribution in [0.1, 0.15) is 12.5 Å². The molecule has 0 aromatic heterocycles. The standard InChI is InChI=1S/C17H16BrNO4/c1-9-3-4-10(7-11(9)18)19-14(21)12-13(15(19)22)17(8-20)6-5-16(12,2)23-17/h3-7,12-13,20H,8H2,1-2H3/t12-,13+,16+,17+/m0/s1. The van der Waals surface area contributed by atoms with Gasteiger partial charge in [-0.05, 0) is 31.5 Å². The minimum atomic E-state index is -1.08. The fourth-order valence-corrected chi connectivity index (χ4v) is 4.38. The van der Waals surface area contributed by atoms with Crippen molar-refractivity contribution in [3.05, 3.63) is 40.4 Å². The number of aliphatic hydroxyl groups excluding tert-OH is 1. The van der Waals surface area contributed by atoms with Gasteiger partial charge in [0.05, 0.1) is 29.7 Å². The Labute approximate surface area is 142 Å². The number of hydrogen-bond donors (Lipinski definition) is 1. The number of aliphatic hydroxyl groups is 1. The molecule has 4 rings (SSSR count). The number of aryl methyl sites for hydroxylation is 1. The maximum atomic E-state index is 13.0. The number of carbonyl (C=O) groups excluding carboxylic acids is 2. The van der Waals surface area contributed by atoms with Gasteiger partial charge in [-0.1, -0.05) is 34.1 Å². The maximum absolute atomic E-state index is 13.0. The van der Waals surface area contributed by atoms with Crippen molar-refractivity contribution in [3.63, 3.8) is 0 Å². The second-order valence-corrected chi connectivity index (χ2v) is 7.49. The van der Waals surface area contributed by atoms with E-state index in [0.717, 1.165) is 10.0 Å². The van der Waals surface area contributed by atoms with Crippen LogP contribution in [0.3, 0.4) is 0 Å². The lowest BCUT2D eigenvalue weighted by Crippen LogP contribution is -2.43. The summed E-state index contributed by atoms with van der Waals surface area (Å²) in [6, 6.07) is 5.40. The molecule has 23 heavy (non-hydrogen) atoms. The van der Waals surface area contributed by atoms with Gasteiger partial charge >= 0.3 is 0 Å². The summed E-state index contributed by atoms with van der Waals surface area (Å²) in [7, 11) is 0. The third-order valence-electron chi connectivity index (χ3n) is 5.22. The molecule has 0 unspecified atom stereocenters. The Hall–Kier alpha value is -1.50. The van der Waals surface area contributed by atoms with Gasteiger partial charge in [-0.15, -0.1) is 0 Å². The van der Waals surface area contributed by atoms with E-state index < -0.39 is 23.0 Å². The lowest BCUT2D eigenvalue weighted by molar-refractivity contribution is -0.131. The molecule has 3 aliphatic rings. The number of halogens is 1. The summed E-state index contributed by atoms with van der Waals surface area (Å²) < 4.78 is 6.73. The quantitative estimate of drug-likeness (QED) is 0.631. The van der Waals surface area contributed by atoms with Crippen molar-refractivity contribution >= 4 is 33.4 Å².